The number of hydrogen-bond donors (Lipinski definition) is 1. The summed E-state index contributed by atoms with van der Waals surface area (Å²) in [5.74, 6) is 1.47. The summed E-state index contributed by atoms with van der Waals surface area (Å²) in [5.41, 5.74) is 1.07. The summed E-state index contributed by atoms with van der Waals surface area (Å²) in [6, 6.07) is 4.24. The van der Waals surface area contributed by atoms with Crippen LogP contribution in [0.25, 0.3) is 0 Å². The summed E-state index contributed by atoms with van der Waals surface area (Å²) in [4.78, 5) is 8.59. The molecule has 20 heavy (non-hydrogen) atoms. The first-order valence-corrected chi connectivity index (χ1v) is 6.83. The smallest absolute Gasteiger partial charge is 0.233 e. The second kappa shape index (κ2) is 6.11. The Kier molecular flexibility index (Phi) is 4.03. The molecule has 0 aromatic carbocycles. The number of hydrogen-bond acceptors (Lipinski definition) is 6. The van der Waals surface area contributed by atoms with Crippen molar-refractivity contribution in [3.8, 4) is 0 Å². The zero-order valence-electron chi connectivity index (χ0n) is 11.5. The summed E-state index contributed by atoms with van der Waals surface area (Å²) in [6.07, 6.45) is 5.16. The molecule has 6 nitrogen and oxygen atoms in total. The predicted octanol–water partition coefficient (Wildman–Crippen LogP) is 1.15. The number of nitrogens with one attached hydrogen (secondary N) is 1. The number of ether oxygens (including phenoxy) is 1. The third kappa shape index (κ3) is 2.86. The van der Waals surface area contributed by atoms with E-state index in [1.807, 2.05) is 25.4 Å². The highest BCUT2D eigenvalue weighted by Crippen LogP contribution is 2.24. The molecule has 1 fully saturated rings. The number of aromatic nitrogens is 3. The van der Waals surface area contributed by atoms with Gasteiger partial charge in [0.15, 0.2) is 5.82 Å². The van der Waals surface area contributed by atoms with Gasteiger partial charge in [-0.25, -0.2) is 0 Å². The number of nitrogens with zero attached hydrogens (tertiary/aromatic N) is 3. The molecule has 2 aromatic rings. The fraction of sp³-hybridized carbons (Fsp3) is 0.500. The summed E-state index contributed by atoms with van der Waals surface area (Å²) < 4.78 is 10.9. The Balaban J connectivity index is 1.73. The first kappa shape index (κ1) is 13.2. The van der Waals surface area contributed by atoms with Crippen LogP contribution < -0.4 is 5.32 Å². The number of rotatable bonds is 4. The molecule has 0 spiro atoms. The molecule has 3 rings (SSSR count). The topological polar surface area (TPSA) is 73.1 Å². The van der Waals surface area contributed by atoms with Crippen molar-refractivity contribution >= 4 is 0 Å². The molecular weight excluding hydrogens is 256 g/mol. The van der Waals surface area contributed by atoms with E-state index >= 15 is 0 Å². The quantitative estimate of drug-likeness (QED) is 0.901. The molecule has 3 heterocycles. The fourth-order valence-corrected chi connectivity index (χ4v) is 2.50. The first-order chi connectivity index (χ1) is 9.86. The van der Waals surface area contributed by atoms with Gasteiger partial charge in [-0.15, -0.1) is 0 Å². The molecule has 2 atom stereocenters. The van der Waals surface area contributed by atoms with Crippen LogP contribution in [0.5, 0.6) is 0 Å². The van der Waals surface area contributed by atoms with Crippen LogP contribution in [0.15, 0.2) is 29.0 Å². The maximum Gasteiger partial charge on any atom is 0.233 e. The molecule has 1 N–H and O–H groups in total. The third-order valence-corrected chi connectivity index (χ3v) is 3.61. The molecule has 0 amide bonds. The molecule has 106 valence electrons. The van der Waals surface area contributed by atoms with E-state index in [9.17, 15) is 0 Å². The highest BCUT2D eigenvalue weighted by atomic mass is 16.5. The molecule has 0 bridgehead atoms. The molecule has 1 saturated heterocycles. The van der Waals surface area contributed by atoms with Crippen molar-refractivity contribution in [1.29, 1.82) is 0 Å². The highest BCUT2D eigenvalue weighted by Gasteiger charge is 2.30. The predicted molar refractivity (Wildman–Crippen MR) is 72.4 cm³/mol. The SMILES string of the molecule is CNC1CCOCC1c1nc(Cc2cccnc2)no1. The van der Waals surface area contributed by atoms with Crippen molar-refractivity contribution in [2.45, 2.75) is 24.8 Å². The van der Waals surface area contributed by atoms with Crippen LogP contribution in [-0.4, -0.2) is 41.4 Å². The molecule has 2 aromatic heterocycles. The van der Waals surface area contributed by atoms with Gasteiger partial charge in [0.25, 0.3) is 0 Å². The first-order valence-electron chi connectivity index (χ1n) is 6.83. The van der Waals surface area contributed by atoms with Gasteiger partial charge in [-0.1, -0.05) is 11.2 Å². The lowest BCUT2D eigenvalue weighted by Gasteiger charge is -2.28. The van der Waals surface area contributed by atoms with Gasteiger partial charge in [0.2, 0.25) is 5.89 Å². The Morgan fingerprint density at radius 2 is 2.40 bits per heavy atom. The Bertz CT molecular complexity index is 543. The summed E-state index contributed by atoms with van der Waals surface area (Å²) in [5, 5.41) is 7.35. The van der Waals surface area contributed by atoms with Crippen LogP contribution in [-0.2, 0) is 11.2 Å². The average Bonchev–Trinajstić information content (AvgIpc) is 2.96. The third-order valence-electron chi connectivity index (χ3n) is 3.61. The lowest BCUT2D eigenvalue weighted by Crippen LogP contribution is -2.39. The summed E-state index contributed by atoms with van der Waals surface area (Å²) >= 11 is 0. The Morgan fingerprint density at radius 1 is 1.45 bits per heavy atom. The van der Waals surface area contributed by atoms with Crippen LogP contribution in [0.1, 0.15) is 29.6 Å². The van der Waals surface area contributed by atoms with Gasteiger partial charge in [0.05, 0.1) is 12.5 Å². The Hall–Kier alpha value is -1.79. The summed E-state index contributed by atoms with van der Waals surface area (Å²) in [7, 11) is 1.95. The highest BCUT2D eigenvalue weighted by molar-refractivity contribution is 5.14. The Labute approximate surface area is 117 Å². The van der Waals surface area contributed by atoms with Crippen molar-refractivity contribution in [3.63, 3.8) is 0 Å². The molecule has 0 aliphatic carbocycles. The van der Waals surface area contributed by atoms with E-state index in [-0.39, 0.29) is 5.92 Å². The molecule has 1 aliphatic rings. The minimum atomic E-state index is 0.129. The maximum absolute atomic E-state index is 5.52. The number of likely N-dealkylation sites (N-methyl/N-ethyl adjacent to an activating group) is 1. The van der Waals surface area contributed by atoms with Gasteiger partial charge < -0.3 is 14.6 Å². The van der Waals surface area contributed by atoms with E-state index in [2.05, 4.69) is 20.4 Å². The zero-order valence-corrected chi connectivity index (χ0v) is 11.5. The minimum absolute atomic E-state index is 0.129. The molecular formula is C14H18N4O2. The van der Waals surface area contributed by atoms with E-state index in [4.69, 9.17) is 9.26 Å². The molecule has 0 radical (unpaired) electrons. The van der Waals surface area contributed by atoms with E-state index in [0.29, 0.717) is 30.8 Å². The minimum Gasteiger partial charge on any atom is -0.381 e. The Morgan fingerprint density at radius 3 is 3.20 bits per heavy atom. The van der Waals surface area contributed by atoms with Crippen LogP contribution in [0.4, 0.5) is 0 Å². The van der Waals surface area contributed by atoms with E-state index in [1.165, 1.54) is 0 Å². The van der Waals surface area contributed by atoms with Gasteiger partial charge >= 0.3 is 0 Å². The van der Waals surface area contributed by atoms with E-state index in [1.54, 1.807) is 6.20 Å². The molecule has 0 saturated carbocycles. The lowest BCUT2D eigenvalue weighted by molar-refractivity contribution is 0.0516. The van der Waals surface area contributed by atoms with Crippen LogP contribution >= 0.6 is 0 Å². The van der Waals surface area contributed by atoms with Crippen LogP contribution in [0.2, 0.25) is 0 Å². The second-order valence-corrected chi connectivity index (χ2v) is 4.95. The average molecular weight is 274 g/mol. The van der Waals surface area contributed by atoms with Crippen molar-refractivity contribution < 1.29 is 9.26 Å². The second-order valence-electron chi connectivity index (χ2n) is 4.95. The largest absolute Gasteiger partial charge is 0.381 e. The number of pyridine rings is 1. The summed E-state index contributed by atoms with van der Waals surface area (Å²) in [6.45, 7) is 1.40. The van der Waals surface area contributed by atoms with Gasteiger partial charge in [-0.05, 0) is 25.1 Å². The van der Waals surface area contributed by atoms with Crippen molar-refractivity contribution in [2.24, 2.45) is 0 Å². The van der Waals surface area contributed by atoms with E-state index < -0.39 is 0 Å². The molecule has 6 heteroatoms. The normalized spacial score (nSPS) is 22.9. The van der Waals surface area contributed by atoms with Crippen LogP contribution in [0, 0.1) is 0 Å². The van der Waals surface area contributed by atoms with Crippen molar-refractivity contribution in [1.82, 2.24) is 20.4 Å². The van der Waals surface area contributed by atoms with Gasteiger partial charge in [-0.2, -0.15) is 4.98 Å². The molecule has 1 aliphatic heterocycles. The van der Waals surface area contributed by atoms with Gasteiger partial charge in [0.1, 0.15) is 0 Å². The van der Waals surface area contributed by atoms with Crippen molar-refractivity contribution in [2.75, 3.05) is 20.3 Å². The lowest BCUT2D eigenvalue weighted by atomic mass is 9.96. The van der Waals surface area contributed by atoms with Crippen molar-refractivity contribution in [3.05, 3.63) is 41.8 Å². The van der Waals surface area contributed by atoms with Gasteiger partial charge in [-0.3, -0.25) is 4.98 Å². The van der Waals surface area contributed by atoms with E-state index in [0.717, 1.165) is 18.6 Å². The van der Waals surface area contributed by atoms with Crippen LogP contribution in [0.3, 0.4) is 0 Å². The standard InChI is InChI=1S/C14H18N4O2/c1-15-12-4-6-19-9-11(12)14-17-13(18-20-14)7-10-3-2-5-16-8-10/h2-3,5,8,11-12,15H,4,6-7,9H2,1H3. The monoisotopic (exact) mass is 274 g/mol. The van der Waals surface area contributed by atoms with Gasteiger partial charge in [0, 0.05) is 31.5 Å². The fourth-order valence-electron chi connectivity index (χ4n) is 2.50. The maximum atomic E-state index is 5.52. The molecule has 2 unspecified atom stereocenters. The zero-order chi connectivity index (χ0) is 13.8.